The smallest absolute Gasteiger partial charge is 0.311 e. The lowest BCUT2D eigenvalue weighted by atomic mass is 10.2. The Morgan fingerprint density at radius 1 is 1.45 bits per heavy atom. The van der Waals surface area contributed by atoms with Crippen molar-refractivity contribution in [1.29, 1.82) is 0 Å². The predicted molar refractivity (Wildman–Crippen MR) is 69.3 cm³/mol. The van der Waals surface area contributed by atoms with E-state index in [9.17, 15) is 19.7 Å². The minimum Gasteiger partial charge on any atom is -0.469 e. The normalized spacial score (nSPS) is 14.2. The van der Waals surface area contributed by atoms with Crippen molar-refractivity contribution in [3.05, 3.63) is 34.4 Å². The highest BCUT2D eigenvalue weighted by Gasteiger charge is 2.26. The lowest BCUT2D eigenvalue weighted by Crippen LogP contribution is -2.19. The van der Waals surface area contributed by atoms with Crippen molar-refractivity contribution >= 4 is 29.0 Å². The Kier molecular flexibility index (Phi) is 3.74. The molecule has 104 valence electrons. The summed E-state index contributed by atoms with van der Waals surface area (Å²) in [5.41, 5.74) is 0.750. The summed E-state index contributed by atoms with van der Waals surface area (Å²) >= 11 is 0. The first-order chi connectivity index (χ1) is 9.51. The topological polar surface area (TPSA) is 102 Å². The first kappa shape index (κ1) is 13.7. The average molecular weight is 277 g/mol. The SMILES string of the molecule is COC(=O)CC1=NN(c2ccc([N+](=O)[O-])cc2)C(=O)C1. The van der Waals surface area contributed by atoms with E-state index in [2.05, 4.69) is 9.84 Å². The van der Waals surface area contributed by atoms with E-state index in [0.29, 0.717) is 11.4 Å². The highest BCUT2D eigenvalue weighted by molar-refractivity contribution is 6.16. The maximum Gasteiger partial charge on any atom is 0.311 e. The van der Waals surface area contributed by atoms with E-state index in [1.54, 1.807) is 0 Å². The number of nitro groups is 1. The lowest BCUT2D eigenvalue weighted by molar-refractivity contribution is -0.384. The van der Waals surface area contributed by atoms with Gasteiger partial charge in [-0.15, -0.1) is 0 Å². The molecule has 0 aliphatic carbocycles. The third-order valence-corrected chi connectivity index (χ3v) is 2.71. The van der Waals surface area contributed by atoms with Gasteiger partial charge >= 0.3 is 5.97 Å². The number of carbonyl (C=O) groups is 2. The summed E-state index contributed by atoms with van der Waals surface area (Å²) in [6, 6.07) is 5.44. The molecule has 2 rings (SSSR count). The molecule has 0 atom stereocenters. The number of amides is 1. The Labute approximate surface area is 113 Å². The summed E-state index contributed by atoms with van der Waals surface area (Å²) < 4.78 is 4.51. The Morgan fingerprint density at radius 2 is 2.10 bits per heavy atom. The number of nitro benzene ring substituents is 1. The molecule has 0 fully saturated rings. The largest absolute Gasteiger partial charge is 0.469 e. The Hall–Kier alpha value is -2.77. The van der Waals surface area contributed by atoms with Crippen LogP contribution < -0.4 is 5.01 Å². The molecule has 0 aromatic heterocycles. The molecule has 8 heteroatoms. The molecule has 0 unspecified atom stereocenters. The second kappa shape index (κ2) is 5.47. The van der Waals surface area contributed by atoms with Crippen molar-refractivity contribution in [2.75, 3.05) is 12.1 Å². The zero-order valence-electron chi connectivity index (χ0n) is 10.6. The number of methoxy groups -OCH3 is 1. The third-order valence-electron chi connectivity index (χ3n) is 2.71. The van der Waals surface area contributed by atoms with Gasteiger partial charge < -0.3 is 4.74 Å². The van der Waals surface area contributed by atoms with Gasteiger partial charge in [-0.1, -0.05) is 0 Å². The lowest BCUT2D eigenvalue weighted by Gasteiger charge is -2.10. The summed E-state index contributed by atoms with van der Waals surface area (Å²) in [4.78, 5) is 33.0. The van der Waals surface area contributed by atoms with E-state index in [-0.39, 0.29) is 24.4 Å². The molecule has 20 heavy (non-hydrogen) atoms. The molecule has 1 heterocycles. The fraction of sp³-hybridized carbons (Fsp3) is 0.250. The van der Waals surface area contributed by atoms with Crippen LogP contribution in [0.5, 0.6) is 0 Å². The van der Waals surface area contributed by atoms with Gasteiger partial charge in [-0.3, -0.25) is 19.7 Å². The van der Waals surface area contributed by atoms with Crippen LogP contribution in [-0.2, 0) is 14.3 Å². The predicted octanol–water partition coefficient (Wildman–Crippen LogP) is 1.25. The summed E-state index contributed by atoms with van der Waals surface area (Å²) in [5.74, 6) is -0.764. The van der Waals surface area contributed by atoms with Crippen LogP contribution in [0.3, 0.4) is 0 Å². The zero-order valence-corrected chi connectivity index (χ0v) is 10.6. The van der Waals surface area contributed by atoms with E-state index in [0.717, 1.165) is 5.01 Å². The number of esters is 1. The number of ether oxygens (including phenoxy) is 1. The van der Waals surface area contributed by atoms with Crippen LogP contribution in [0.25, 0.3) is 0 Å². The van der Waals surface area contributed by atoms with Crippen LogP contribution >= 0.6 is 0 Å². The Bertz CT molecular complexity index is 594. The van der Waals surface area contributed by atoms with Crippen molar-refractivity contribution in [3.8, 4) is 0 Å². The van der Waals surface area contributed by atoms with E-state index < -0.39 is 10.9 Å². The molecule has 0 spiro atoms. The fourth-order valence-electron chi connectivity index (χ4n) is 1.74. The number of nitrogens with zero attached hydrogens (tertiary/aromatic N) is 3. The Morgan fingerprint density at radius 3 is 2.65 bits per heavy atom. The minimum atomic E-state index is -0.526. The van der Waals surface area contributed by atoms with Crippen molar-refractivity contribution < 1.29 is 19.2 Å². The highest BCUT2D eigenvalue weighted by atomic mass is 16.6. The molecule has 1 aliphatic rings. The van der Waals surface area contributed by atoms with Gasteiger partial charge in [0, 0.05) is 12.1 Å². The van der Waals surface area contributed by atoms with E-state index in [1.165, 1.54) is 31.4 Å². The summed E-state index contributed by atoms with van der Waals surface area (Å²) in [6.45, 7) is 0. The second-order valence-corrected chi connectivity index (χ2v) is 4.07. The van der Waals surface area contributed by atoms with Crippen LogP contribution in [0.15, 0.2) is 29.4 Å². The molecule has 1 aromatic carbocycles. The van der Waals surface area contributed by atoms with Crippen LogP contribution in [0.4, 0.5) is 11.4 Å². The standard InChI is InChI=1S/C12H11N3O5/c1-20-12(17)7-8-6-11(16)14(13-8)9-2-4-10(5-3-9)15(18)19/h2-5H,6-7H2,1H3. The summed E-state index contributed by atoms with van der Waals surface area (Å²) in [5, 5.41) is 15.7. The van der Waals surface area contributed by atoms with Crippen LogP contribution in [0.2, 0.25) is 0 Å². The fourth-order valence-corrected chi connectivity index (χ4v) is 1.74. The van der Waals surface area contributed by atoms with Crippen molar-refractivity contribution in [2.24, 2.45) is 5.10 Å². The molecule has 1 amide bonds. The first-order valence-electron chi connectivity index (χ1n) is 5.72. The molecule has 8 nitrogen and oxygen atoms in total. The van der Waals surface area contributed by atoms with Crippen LogP contribution in [0, 0.1) is 10.1 Å². The third kappa shape index (κ3) is 2.79. The number of anilines is 1. The number of rotatable bonds is 4. The maximum absolute atomic E-state index is 11.8. The average Bonchev–Trinajstić information content (AvgIpc) is 2.79. The monoisotopic (exact) mass is 277 g/mol. The van der Waals surface area contributed by atoms with Crippen LogP contribution in [-0.4, -0.2) is 29.6 Å². The molecule has 0 bridgehead atoms. The molecule has 0 saturated carbocycles. The van der Waals surface area contributed by atoms with Gasteiger partial charge in [0.1, 0.15) is 0 Å². The molecule has 0 radical (unpaired) electrons. The quantitative estimate of drug-likeness (QED) is 0.468. The van der Waals surface area contributed by atoms with Crippen LogP contribution in [0.1, 0.15) is 12.8 Å². The van der Waals surface area contributed by atoms with Crippen molar-refractivity contribution in [2.45, 2.75) is 12.8 Å². The number of hydrogen-bond donors (Lipinski definition) is 0. The van der Waals surface area contributed by atoms with Gasteiger partial charge in [0.15, 0.2) is 0 Å². The molecule has 0 saturated heterocycles. The van der Waals surface area contributed by atoms with Gasteiger partial charge in [-0.05, 0) is 12.1 Å². The summed E-state index contributed by atoms with van der Waals surface area (Å²) in [6.07, 6.45) is -0.0161. The second-order valence-electron chi connectivity index (χ2n) is 4.07. The van der Waals surface area contributed by atoms with E-state index in [1.807, 2.05) is 0 Å². The highest BCUT2D eigenvalue weighted by Crippen LogP contribution is 2.24. The minimum absolute atomic E-state index is 0.0338. The maximum atomic E-state index is 11.8. The van der Waals surface area contributed by atoms with Crippen molar-refractivity contribution in [1.82, 2.24) is 0 Å². The number of non-ortho nitro benzene ring substituents is 1. The molecular formula is C12H11N3O5. The van der Waals surface area contributed by atoms with E-state index >= 15 is 0 Å². The summed E-state index contributed by atoms with van der Waals surface area (Å²) in [7, 11) is 1.26. The number of carbonyl (C=O) groups excluding carboxylic acids is 2. The van der Waals surface area contributed by atoms with Gasteiger partial charge in [-0.25, -0.2) is 5.01 Å². The molecular weight excluding hydrogens is 266 g/mol. The van der Waals surface area contributed by atoms with Gasteiger partial charge in [-0.2, -0.15) is 5.10 Å². The number of hydrogen-bond acceptors (Lipinski definition) is 6. The van der Waals surface area contributed by atoms with Crippen molar-refractivity contribution in [3.63, 3.8) is 0 Å². The van der Waals surface area contributed by atoms with Gasteiger partial charge in [0.05, 0.1) is 36.3 Å². The first-order valence-corrected chi connectivity index (χ1v) is 5.72. The number of hydrazone groups is 1. The van der Waals surface area contributed by atoms with Gasteiger partial charge in [0.25, 0.3) is 11.6 Å². The molecule has 1 aliphatic heterocycles. The van der Waals surface area contributed by atoms with Gasteiger partial charge in [0.2, 0.25) is 0 Å². The van der Waals surface area contributed by atoms with E-state index in [4.69, 9.17) is 0 Å². The molecule has 0 N–H and O–H groups in total. The Balaban J connectivity index is 2.17. The number of benzene rings is 1. The molecule has 1 aromatic rings. The zero-order chi connectivity index (χ0) is 14.7.